The third-order valence-electron chi connectivity index (χ3n) is 2.95. The molecule has 130 valence electrons. The Kier molecular flexibility index (Phi) is 17.2. The van der Waals surface area contributed by atoms with Crippen LogP contribution in [0, 0.1) is 5.92 Å². The maximum atomic E-state index is 4.50. The molecule has 0 saturated carbocycles. The third kappa shape index (κ3) is 13.8. The van der Waals surface area contributed by atoms with Gasteiger partial charge >= 0.3 is 0 Å². The maximum Gasteiger partial charge on any atom is -0.0195 e. The quantitative estimate of drug-likeness (QED) is 0.707. The van der Waals surface area contributed by atoms with E-state index in [0.717, 1.165) is 5.92 Å². The van der Waals surface area contributed by atoms with Gasteiger partial charge in [-0.15, -0.1) is 0 Å². The van der Waals surface area contributed by atoms with E-state index < -0.39 is 0 Å². The fourth-order valence-corrected chi connectivity index (χ4v) is 1.92. The molecule has 0 bridgehead atoms. The minimum absolute atomic E-state index is 0.659. The van der Waals surface area contributed by atoms with E-state index in [0.29, 0.717) is 5.92 Å². The Hall–Kier alpha value is -1.60. The first-order chi connectivity index (χ1) is 11.1. The SMILES string of the molecule is CC.CC(C)Cc1ccccc1.CC(C)c1ccccc1.CN. The van der Waals surface area contributed by atoms with E-state index in [1.54, 1.807) is 0 Å². The molecular formula is C22H37N. The molecule has 2 aromatic carbocycles. The molecule has 0 aliphatic rings. The Bertz CT molecular complexity index is 432. The largest absolute Gasteiger partial charge is 0.333 e. The van der Waals surface area contributed by atoms with E-state index in [1.807, 2.05) is 19.9 Å². The lowest BCUT2D eigenvalue weighted by Gasteiger charge is -2.02. The van der Waals surface area contributed by atoms with Crippen LogP contribution in [-0.4, -0.2) is 7.05 Å². The van der Waals surface area contributed by atoms with Crippen molar-refractivity contribution in [2.45, 2.75) is 53.9 Å². The van der Waals surface area contributed by atoms with Gasteiger partial charge < -0.3 is 5.73 Å². The van der Waals surface area contributed by atoms with Gasteiger partial charge in [-0.1, -0.05) is 102 Å². The summed E-state index contributed by atoms with van der Waals surface area (Å²) in [5.74, 6) is 1.42. The molecule has 2 aromatic rings. The van der Waals surface area contributed by atoms with E-state index in [4.69, 9.17) is 0 Å². The molecular weight excluding hydrogens is 278 g/mol. The Morgan fingerprint density at radius 2 is 1.09 bits per heavy atom. The highest BCUT2D eigenvalue weighted by Gasteiger charge is 1.94. The zero-order valence-corrected chi connectivity index (χ0v) is 16.2. The number of rotatable bonds is 3. The van der Waals surface area contributed by atoms with Gasteiger partial charge in [0.25, 0.3) is 0 Å². The molecule has 0 aliphatic carbocycles. The van der Waals surface area contributed by atoms with Crippen LogP contribution in [0.4, 0.5) is 0 Å². The zero-order valence-electron chi connectivity index (χ0n) is 16.2. The lowest BCUT2D eigenvalue weighted by atomic mass is 10.0. The summed E-state index contributed by atoms with van der Waals surface area (Å²) in [5.41, 5.74) is 7.36. The summed E-state index contributed by atoms with van der Waals surface area (Å²) in [5, 5.41) is 0. The van der Waals surface area contributed by atoms with Crippen molar-refractivity contribution in [3.05, 3.63) is 71.8 Å². The third-order valence-corrected chi connectivity index (χ3v) is 2.95. The van der Waals surface area contributed by atoms with Crippen molar-refractivity contribution in [1.29, 1.82) is 0 Å². The molecule has 0 spiro atoms. The molecule has 23 heavy (non-hydrogen) atoms. The van der Waals surface area contributed by atoms with Gasteiger partial charge in [0, 0.05) is 0 Å². The van der Waals surface area contributed by atoms with Crippen molar-refractivity contribution >= 4 is 0 Å². The molecule has 1 nitrogen and oxygen atoms in total. The van der Waals surface area contributed by atoms with E-state index >= 15 is 0 Å². The fraction of sp³-hybridized carbons (Fsp3) is 0.455. The number of hydrogen-bond acceptors (Lipinski definition) is 1. The molecule has 2 N–H and O–H groups in total. The summed E-state index contributed by atoms with van der Waals surface area (Å²) in [4.78, 5) is 0. The Labute approximate surface area is 144 Å². The number of nitrogens with two attached hydrogens (primary N) is 1. The number of hydrogen-bond donors (Lipinski definition) is 1. The lowest BCUT2D eigenvalue weighted by Crippen LogP contribution is -1.92. The summed E-state index contributed by atoms with van der Waals surface area (Å²) in [6.07, 6.45) is 1.20. The average Bonchev–Trinajstić information content (AvgIpc) is 2.60. The van der Waals surface area contributed by atoms with Crippen LogP contribution in [0.5, 0.6) is 0 Å². The fourth-order valence-electron chi connectivity index (χ4n) is 1.92. The van der Waals surface area contributed by atoms with Gasteiger partial charge in [0.05, 0.1) is 0 Å². The van der Waals surface area contributed by atoms with E-state index in [2.05, 4.69) is 88.0 Å². The van der Waals surface area contributed by atoms with Gasteiger partial charge in [-0.2, -0.15) is 0 Å². The Morgan fingerprint density at radius 1 is 0.696 bits per heavy atom. The highest BCUT2D eigenvalue weighted by Crippen LogP contribution is 2.11. The molecule has 0 aliphatic heterocycles. The summed E-state index contributed by atoms with van der Waals surface area (Å²) >= 11 is 0. The second kappa shape index (κ2) is 16.8. The lowest BCUT2D eigenvalue weighted by molar-refractivity contribution is 0.647. The minimum atomic E-state index is 0.659. The first-order valence-electron chi connectivity index (χ1n) is 8.76. The van der Waals surface area contributed by atoms with Crippen LogP contribution in [0.15, 0.2) is 60.7 Å². The molecule has 1 heteroatoms. The predicted octanol–water partition coefficient (Wildman–Crippen LogP) is 6.30. The normalized spacial score (nSPS) is 8.96. The highest BCUT2D eigenvalue weighted by atomic mass is 14.4. The first-order valence-corrected chi connectivity index (χ1v) is 8.76. The highest BCUT2D eigenvalue weighted by molar-refractivity contribution is 5.17. The van der Waals surface area contributed by atoms with E-state index in [9.17, 15) is 0 Å². The van der Waals surface area contributed by atoms with Gasteiger partial charge in [-0.3, -0.25) is 0 Å². The van der Waals surface area contributed by atoms with Crippen molar-refractivity contribution in [2.24, 2.45) is 11.7 Å². The van der Waals surface area contributed by atoms with Crippen molar-refractivity contribution in [2.75, 3.05) is 7.05 Å². The molecule has 2 rings (SSSR count). The summed E-state index contributed by atoms with van der Waals surface area (Å²) < 4.78 is 0. The van der Waals surface area contributed by atoms with Gasteiger partial charge in [0.2, 0.25) is 0 Å². The van der Waals surface area contributed by atoms with Gasteiger partial charge in [0.15, 0.2) is 0 Å². The van der Waals surface area contributed by atoms with Gasteiger partial charge in [-0.25, -0.2) is 0 Å². The molecule has 0 amide bonds. The van der Waals surface area contributed by atoms with Crippen LogP contribution in [0.25, 0.3) is 0 Å². The van der Waals surface area contributed by atoms with Crippen molar-refractivity contribution < 1.29 is 0 Å². The van der Waals surface area contributed by atoms with E-state index in [1.165, 1.54) is 24.6 Å². The number of benzene rings is 2. The Balaban J connectivity index is 0. The zero-order chi connectivity index (χ0) is 18.1. The first kappa shape index (κ1) is 23.7. The predicted molar refractivity (Wildman–Crippen MR) is 107 cm³/mol. The molecule has 0 unspecified atom stereocenters. The van der Waals surface area contributed by atoms with Crippen LogP contribution >= 0.6 is 0 Å². The van der Waals surface area contributed by atoms with Crippen LogP contribution in [0.1, 0.15) is 58.6 Å². The molecule has 0 radical (unpaired) electrons. The topological polar surface area (TPSA) is 26.0 Å². The van der Waals surface area contributed by atoms with Crippen LogP contribution in [0.2, 0.25) is 0 Å². The second-order valence-corrected chi connectivity index (χ2v) is 5.65. The van der Waals surface area contributed by atoms with Gasteiger partial charge in [-0.05, 0) is 36.4 Å². The summed E-state index contributed by atoms with van der Waals surface area (Å²) in [6, 6.07) is 21.1. The van der Waals surface area contributed by atoms with E-state index in [-0.39, 0.29) is 0 Å². The smallest absolute Gasteiger partial charge is 0.0195 e. The van der Waals surface area contributed by atoms with Crippen LogP contribution in [-0.2, 0) is 6.42 Å². The van der Waals surface area contributed by atoms with Crippen LogP contribution in [0.3, 0.4) is 0 Å². The van der Waals surface area contributed by atoms with Crippen molar-refractivity contribution in [1.82, 2.24) is 0 Å². The van der Waals surface area contributed by atoms with Crippen molar-refractivity contribution in [3.8, 4) is 0 Å². The minimum Gasteiger partial charge on any atom is -0.333 e. The monoisotopic (exact) mass is 315 g/mol. The van der Waals surface area contributed by atoms with Gasteiger partial charge in [0.1, 0.15) is 0 Å². The van der Waals surface area contributed by atoms with Crippen LogP contribution < -0.4 is 5.73 Å². The standard InChI is InChI=1S/C10H14.C9H12.C2H6.CH5N/c1-9(2)8-10-6-4-3-5-7-10;1-8(2)9-6-4-3-5-7-9;2*1-2/h3-7,9H,8H2,1-2H3;3-8H,1-2H3;1-2H3;2H2,1H3. The summed E-state index contributed by atoms with van der Waals surface area (Å²) in [6.45, 7) is 12.9. The molecule has 0 saturated heterocycles. The maximum absolute atomic E-state index is 4.50. The molecule has 0 fully saturated rings. The second-order valence-electron chi connectivity index (χ2n) is 5.65. The molecule has 0 atom stereocenters. The summed E-state index contributed by atoms with van der Waals surface area (Å²) in [7, 11) is 1.50. The Morgan fingerprint density at radius 3 is 1.39 bits per heavy atom. The van der Waals surface area contributed by atoms with Crippen molar-refractivity contribution in [3.63, 3.8) is 0 Å². The molecule has 0 aromatic heterocycles. The molecule has 0 heterocycles. The average molecular weight is 316 g/mol.